The van der Waals surface area contributed by atoms with Crippen molar-refractivity contribution in [2.24, 2.45) is 17.8 Å². The van der Waals surface area contributed by atoms with E-state index in [1.54, 1.807) is 6.92 Å². The summed E-state index contributed by atoms with van der Waals surface area (Å²) >= 11 is 0. The molecule has 0 spiro atoms. The normalized spacial score (nSPS) is 28.2. The van der Waals surface area contributed by atoms with Gasteiger partial charge in [-0.1, -0.05) is 57.4 Å². The second kappa shape index (κ2) is 13.2. The Morgan fingerprint density at radius 1 is 1.21 bits per heavy atom. The zero-order chi connectivity index (χ0) is 21.1. The zero-order valence-corrected chi connectivity index (χ0v) is 18.6. The minimum Gasteiger partial charge on any atom is -0.462 e. The molecule has 2 N–H and O–H groups in total. The predicted molar refractivity (Wildman–Crippen MR) is 115 cm³/mol. The average molecular weight is 395 g/mol. The summed E-state index contributed by atoms with van der Waals surface area (Å²) in [7, 11) is 0. The Bertz CT molecular complexity index is 509. The van der Waals surface area contributed by atoms with E-state index in [-0.39, 0.29) is 23.9 Å². The first-order chi connectivity index (χ1) is 13.2. The molecule has 0 bridgehead atoms. The van der Waals surface area contributed by atoms with Crippen molar-refractivity contribution in [3.63, 3.8) is 0 Å². The van der Waals surface area contributed by atoms with E-state index in [4.69, 9.17) is 4.74 Å². The fourth-order valence-corrected chi connectivity index (χ4v) is 3.89. The van der Waals surface area contributed by atoms with Gasteiger partial charge in [-0.2, -0.15) is 0 Å². The molecule has 0 fully saturated rings. The Kier molecular flexibility index (Phi) is 11.7. The highest BCUT2D eigenvalue weighted by atomic mass is 16.5. The van der Waals surface area contributed by atoms with Crippen LogP contribution in [0.5, 0.6) is 0 Å². The van der Waals surface area contributed by atoms with Crippen molar-refractivity contribution in [2.75, 3.05) is 0 Å². The smallest absolute Gasteiger partial charge is 0.306 e. The van der Waals surface area contributed by atoms with Gasteiger partial charge in [0.25, 0.3) is 0 Å². The highest BCUT2D eigenvalue weighted by Gasteiger charge is 2.22. The molecule has 0 radical (unpaired) electrons. The molecule has 0 saturated heterocycles. The summed E-state index contributed by atoms with van der Waals surface area (Å²) in [6.45, 7) is 10.1. The van der Waals surface area contributed by atoms with Crippen LogP contribution in [0.4, 0.5) is 0 Å². The van der Waals surface area contributed by atoms with E-state index in [1.807, 2.05) is 6.92 Å². The molecular formula is C24H42O4. The topological polar surface area (TPSA) is 66.8 Å². The minimum atomic E-state index is -0.547. The Morgan fingerprint density at radius 2 is 1.89 bits per heavy atom. The number of cyclic esters (lactones) is 1. The number of hydrogen-bond acceptors (Lipinski definition) is 4. The molecule has 0 saturated carbocycles. The van der Waals surface area contributed by atoms with Crippen molar-refractivity contribution in [3.8, 4) is 0 Å². The SMILES string of the molecule is C/C(=C\[C@@H](C)[C@H](O)C[C@@H](C)O)C[C@H](C)[C@H]1C/C=C/C[C@@H](C)CCCCC(=O)O1. The molecule has 0 aliphatic carbocycles. The number of rotatable bonds is 7. The van der Waals surface area contributed by atoms with Crippen LogP contribution in [0.15, 0.2) is 23.8 Å². The first-order valence-corrected chi connectivity index (χ1v) is 11.1. The van der Waals surface area contributed by atoms with Crippen molar-refractivity contribution in [1.29, 1.82) is 0 Å². The van der Waals surface area contributed by atoms with Crippen molar-refractivity contribution in [1.82, 2.24) is 0 Å². The van der Waals surface area contributed by atoms with E-state index in [0.717, 1.165) is 32.1 Å². The standard InChI is InChI=1S/C24H42O4/c1-17-10-6-8-12-23(28-24(27)13-9-7-11-17)20(4)15-18(2)14-19(3)22(26)16-21(5)25/h6,8,14,17,19-23,25-26H,7,9-13,15-16H2,1-5H3/b8-6+,18-14+/t17-,19-,20+,21-,22-,23-/m1/s1. The summed E-state index contributed by atoms with van der Waals surface area (Å²) in [6.07, 6.45) is 12.0. The van der Waals surface area contributed by atoms with Crippen LogP contribution in [0.25, 0.3) is 0 Å². The number of hydrogen-bond donors (Lipinski definition) is 2. The Balaban J connectivity index is 2.70. The third kappa shape index (κ3) is 10.4. The lowest BCUT2D eigenvalue weighted by Gasteiger charge is -2.25. The maximum atomic E-state index is 12.2. The maximum Gasteiger partial charge on any atom is 0.306 e. The Hall–Kier alpha value is -1.13. The van der Waals surface area contributed by atoms with Gasteiger partial charge in [0.1, 0.15) is 6.10 Å². The largest absolute Gasteiger partial charge is 0.462 e. The number of carbonyl (C=O) groups excluding carboxylic acids is 1. The molecule has 4 heteroatoms. The molecule has 1 rings (SSSR count). The summed E-state index contributed by atoms with van der Waals surface area (Å²) in [5.74, 6) is 0.788. The van der Waals surface area contributed by atoms with E-state index < -0.39 is 12.2 Å². The molecular weight excluding hydrogens is 352 g/mol. The van der Waals surface area contributed by atoms with E-state index in [0.29, 0.717) is 18.8 Å². The van der Waals surface area contributed by atoms with E-state index in [9.17, 15) is 15.0 Å². The number of aliphatic hydroxyl groups is 2. The van der Waals surface area contributed by atoms with Gasteiger partial charge in [0.15, 0.2) is 0 Å². The first-order valence-electron chi connectivity index (χ1n) is 11.1. The molecule has 0 aromatic heterocycles. The average Bonchev–Trinajstić information content (AvgIpc) is 2.59. The van der Waals surface area contributed by atoms with Crippen molar-refractivity contribution >= 4 is 5.97 Å². The lowest BCUT2D eigenvalue weighted by Crippen LogP contribution is -2.26. The molecule has 0 amide bonds. The minimum absolute atomic E-state index is 0.0120. The van der Waals surface area contributed by atoms with Crippen LogP contribution in [-0.2, 0) is 9.53 Å². The highest BCUT2D eigenvalue weighted by molar-refractivity contribution is 5.69. The van der Waals surface area contributed by atoms with Crippen LogP contribution < -0.4 is 0 Å². The summed E-state index contributed by atoms with van der Waals surface area (Å²) in [4.78, 5) is 12.2. The van der Waals surface area contributed by atoms with Gasteiger partial charge in [-0.15, -0.1) is 0 Å². The summed E-state index contributed by atoms with van der Waals surface area (Å²) in [5.41, 5.74) is 1.18. The molecule has 4 nitrogen and oxygen atoms in total. The number of allylic oxidation sites excluding steroid dienone is 2. The maximum absolute atomic E-state index is 12.2. The van der Waals surface area contributed by atoms with Crippen LogP contribution in [-0.4, -0.2) is 34.5 Å². The summed E-state index contributed by atoms with van der Waals surface area (Å²) in [6, 6.07) is 0. The van der Waals surface area contributed by atoms with Gasteiger partial charge in [0.05, 0.1) is 12.2 Å². The molecule has 1 aliphatic rings. The van der Waals surface area contributed by atoms with Crippen LogP contribution in [0, 0.1) is 17.8 Å². The first kappa shape index (κ1) is 24.9. The summed E-state index contributed by atoms with van der Waals surface area (Å²) < 4.78 is 5.82. The molecule has 0 unspecified atom stereocenters. The Morgan fingerprint density at radius 3 is 2.57 bits per heavy atom. The van der Waals surface area contributed by atoms with E-state index in [2.05, 4.69) is 39.0 Å². The molecule has 1 heterocycles. The zero-order valence-electron chi connectivity index (χ0n) is 18.6. The molecule has 6 atom stereocenters. The van der Waals surface area contributed by atoms with Gasteiger partial charge in [-0.25, -0.2) is 0 Å². The van der Waals surface area contributed by atoms with Gasteiger partial charge in [-0.3, -0.25) is 4.79 Å². The monoisotopic (exact) mass is 394 g/mol. The van der Waals surface area contributed by atoms with Crippen LogP contribution >= 0.6 is 0 Å². The van der Waals surface area contributed by atoms with Crippen molar-refractivity contribution in [3.05, 3.63) is 23.8 Å². The molecule has 1 aliphatic heterocycles. The van der Waals surface area contributed by atoms with Crippen LogP contribution in [0.1, 0.15) is 86.0 Å². The lowest BCUT2D eigenvalue weighted by molar-refractivity contribution is -0.151. The van der Waals surface area contributed by atoms with Gasteiger partial charge in [-0.05, 0) is 51.4 Å². The second-order valence-corrected chi connectivity index (χ2v) is 9.03. The van der Waals surface area contributed by atoms with Gasteiger partial charge < -0.3 is 14.9 Å². The fourth-order valence-electron chi connectivity index (χ4n) is 3.89. The van der Waals surface area contributed by atoms with E-state index in [1.165, 1.54) is 12.0 Å². The number of esters is 1. The molecule has 162 valence electrons. The predicted octanol–water partition coefficient (Wildman–Crippen LogP) is 5.19. The Labute approximate surface area is 172 Å². The highest BCUT2D eigenvalue weighted by Crippen LogP contribution is 2.24. The van der Waals surface area contributed by atoms with Crippen LogP contribution in [0.3, 0.4) is 0 Å². The van der Waals surface area contributed by atoms with Gasteiger partial charge >= 0.3 is 5.97 Å². The lowest BCUT2D eigenvalue weighted by atomic mass is 9.90. The number of carbonyl (C=O) groups is 1. The number of aliphatic hydroxyl groups excluding tert-OH is 2. The van der Waals surface area contributed by atoms with Crippen LogP contribution in [0.2, 0.25) is 0 Å². The molecule has 0 aromatic rings. The van der Waals surface area contributed by atoms with Gasteiger partial charge in [0.2, 0.25) is 0 Å². The third-order valence-electron chi connectivity index (χ3n) is 5.70. The van der Waals surface area contributed by atoms with Crippen molar-refractivity contribution < 1.29 is 19.7 Å². The fraction of sp³-hybridized carbons (Fsp3) is 0.792. The third-order valence-corrected chi connectivity index (χ3v) is 5.70. The quantitative estimate of drug-likeness (QED) is 0.461. The number of ether oxygens (including phenoxy) is 1. The molecule has 0 aromatic carbocycles. The molecule has 28 heavy (non-hydrogen) atoms. The van der Waals surface area contributed by atoms with E-state index >= 15 is 0 Å². The van der Waals surface area contributed by atoms with Gasteiger partial charge in [0, 0.05) is 18.8 Å². The second-order valence-electron chi connectivity index (χ2n) is 9.03. The van der Waals surface area contributed by atoms with Crippen molar-refractivity contribution in [2.45, 2.75) is 104 Å². The summed E-state index contributed by atoms with van der Waals surface area (Å²) in [5, 5.41) is 19.6.